The van der Waals surface area contributed by atoms with Crippen LogP contribution in [0.1, 0.15) is 5.76 Å². The number of fused-ring (bicyclic) bond motifs is 2. The van der Waals surface area contributed by atoms with Crippen molar-refractivity contribution in [2.24, 2.45) is 0 Å². The smallest absolute Gasteiger partial charge is 0.281 e. The lowest BCUT2D eigenvalue weighted by molar-refractivity contribution is 0.251. The Hall–Kier alpha value is -2.44. The maximum absolute atomic E-state index is 9.08. The summed E-state index contributed by atoms with van der Waals surface area (Å²) in [6, 6.07) is 11.1. The van der Waals surface area contributed by atoms with E-state index in [-0.39, 0.29) is 6.61 Å². The molecule has 0 unspecified atom stereocenters. The molecule has 6 heteroatoms. The van der Waals surface area contributed by atoms with Gasteiger partial charge in [-0.1, -0.05) is 11.3 Å². The van der Waals surface area contributed by atoms with Crippen molar-refractivity contribution >= 4 is 32.7 Å². The molecule has 4 rings (SSSR count). The van der Waals surface area contributed by atoms with Crippen LogP contribution in [0.4, 0.5) is 0 Å². The highest BCUT2D eigenvalue weighted by Gasteiger charge is 2.08. The standard InChI is InChI=1S/C15H10N2O3S/c18-8-11-7-9-6-10(3-4-12(9)19-11)20-15-17-14-13(21-15)2-1-5-16-14/h1-7,18H,8H2. The third-order valence-corrected chi connectivity index (χ3v) is 3.93. The number of ether oxygens (including phenoxy) is 1. The number of aliphatic hydroxyl groups excluding tert-OH is 1. The van der Waals surface area contributed by atoms with Gasteiger partial charge in [-0.25, -0.2) is 4.98 Å². The predicted molar refractivity (Wildman–Crippen MR) is 79.6 cm³/mol. The summed E-state index contributed by atoms with van der Waals surface area (Å²) in [6.07, 6.45) is 1.71. The molecule has 1 aromatic carbocycles. The number of hydrogen-bond acceptors (Lipinski definition) is 6. The molecular weight excluding hydrogens is 288 g/mol. The number of nitrogens with zero attached hydrogens (tertiary/aromatic N) is 2. The summed E-state index contributed by atoms with van der Waals surface area (Å²) in [4.78, 5) is 8.52. The largest absolute Gasteiger partial charge is 0.459 e. The van der Waals surface area contributed by atoms with Gasteiger partial charge in [-0.15, -0.1) is 0 Å². The summed E-state index contributed by atoms with van der Waals surface area (Å²) in [7, 11) is 0. The third kappa shape index (κ3) is 2.24. The fraction of sp³-hybridized carbons (Fsp3) is 0.0667. The molecule has 0 saturated carbocycles. The Bertz CT molecular complexity index is 896. The number of aromatic nitrogens is 2. The lowest BCUT2D eigenvalue weighted by Gasteiger charge is -2.00. The first-order valence-corrected chi connectivity index (χ1v) is 7.16. The first-order valence-electron chi connectivity index (χ1n) is 6.34. The molecule has 3 aromatic heterocycles. The zero-order valence-corrected chi connectivity index (χ0v) is 11.6. The zero-order valence-electron chi connectivity index (χ0n) is 10.8. The molecule has 1 N–H and O–H groups in total. The van der Waals surface area contributed by atoms with Crippen LogP contribution in [0, 0.1) is 0 Å². The molecule has 0 aliphatic carbocycles. The quantitative estimate of drug-likeness (QED) is 0.624. The monoisotopic (exact) mass is 298 g/mol. The zero-order chi connectivity index (χ0) is 14.2. The van der Waals surface area contributed by atoms with E-state index >= 15 is 0 Å². The summed E-state index contributed by atoms with van der Waals surface area (Å²) in [5, 5.41) is 10.5. The topological polar surface area (TPSA) is 68.4 Å². The molecule has 0 atom stereocenters. The molecular formula is C15H10N2O3S. The molecule has 0 fully saturated rings. The van der Waals surface area contributed by atoms with Gasteiger partial charge in [0.15, 0.2) is 5.65 Å². The van der Waals surface area contributed by atoms with E-state index in [0.29, 0.717) is 22.4 Å². The summed E-state index contributed by atoms with van der Waals surface area (Å²) in [5.74, 6) is 1.21. The highest BCUT2D eigenvalue weighted by atomic mass is 32.1. The SMILES string of the molecule is OCc1cc2cc(Oc3nc4ncccc4s3)ccc2o1. The summed E-state index contributed by atoms with van der Waals surface area (Å²) in [6.45, 7) is -0.117. The van der Waals surface area contributed by atoms with Crippen molar-refractivity contribution in [3.05, 3.63) is 48.4 Å². The fourth-order valence-electron chi connectivity index (χ4n) is 2.11. The molecule has 0 bridgehead atoms. The Kier molecular flexibility index (Phi) is 2.83. The molecule has 104 valence electrons. The maximum atomic E-state index is 9.08. The van der Waals surface area contributed by atoms with Crippen LogP contribution >= 0.6 is 11.3 Å². The van der Waals surface area contributed by atoms with E-state index < -0.39 is 0 Å². The molecule has 21 heavy (non-hydrogen) atoms. The van der Waals surface area contributed by atoms with E-state index in [9.17, 15) is 0 Å². The summed E-state index contributed by atoms with van der Waals surface area (Å²) < 4.78 is 12.2. The summed E-state index contributed by atoms with van der Waals surface area (Å²) in [5.41, 5.74) is 1.40. The second-order valence-corrected chi connectivity index (χ2v) is 5.47. The van der Waals surface area contributed by atoms with Gasteiger partial charge < -0.3 is 14.3 Å². The minimum Gasteiger partial charge on any atom is -0.459 e. The Morgan fingerprint density at radius 1 is 1.24 bits per heavy atom. The van der Waals surface area contributed by atoms with Crippen LogP contribution in [-0.4, -0.2) is 15.1 Å². The van der Waals surface area contributed by atoms with Crippen LogP contribution in [0.25, 0.3) is 21.3 Å². The fourth-order valence-corrected chi connectivity index (χ4v) is 2.91. The van der Waals surface area contributed by atoms with Gasteiger partial charge in [0.2, 0.25) is 0 Å². The van der Waals surface area contributed by atoms with E-state index in [2.05, 4.69) is 9.97 Å². The lowest BCUT2D eigenvalue weighted by Crippen LogP contribution is -1.82. The maximum Gasteiger partial charge on any atom is 0.281 e. The van der Waals surface area contributed by atoms with Crippen LogP contribution in [0.3, 0.4) is 0 Å². The average molecular weight is 298 g/mol. The summed E-state index contributed by atoms with van der Waals surface area (Å²) >= 11 is 1.45. The van der Waals surface area contributed by atoms with Crippen molar-refractivity contribution in [2.45, 2.75) is 6.61 Å². The van der Waals surface area contributed by atoms with E-state index in [1.165, 1.54) is 11.3 Å². The van der Waals surface area contributed by atoms with Gasteiger partial charge in [0.05, 0.1) is 4.70 Å². The van der Waals surface area contributed by atoms with Gasteiger partial charge in [0.25, 0.3) is 5.19 Å². The first kappa shape index (κ1) is 12.3. The van der Waals surface area contributed by atoms with Gasteiger partial charge in [0, 0.05) is 11.6 Å². The minimum atomic E-state index is -0.117. The van der Waals surface area contributed by atoms with E-state index in [0.717, 1.165) is 15.7 Å². The molecule has 5 nitrogen and oxygen atoms in total. The highest BCUT2D eigenvalue weighted by molar-refractivity contribution is 7.20. The highest BCUT2D eigenvalue weighted by Crippen LogP contribution is 2.32. The molecule has 0 aliphatic rings. The average Bonchev–Trinajstić information content (AvgIpc) is 3.09. The van der Waals surface area contributed by atoms with Crippen LogP contribution in [0.2, 0.25) is 0 Å². The van der Waals surface area contributed by atoms with Crippen molar-refractivity contribution in [1.29, 1.82) is 0 Å². The van der Waals surface area contributed by atoms with Gasteiger partial charge in [0.1, 0.15) is 23.7 Å². The number of rotatable bonds is 3. The Labute approximate surface area is 123 Å². The van der Waals surface area contributed by atoms with Gasteiger partial charge in [-0.2, -0.15) is 4.98 Å². The lowest BCUT2D eigenvalue weighted by atomic mass is 10.2. The Morgan fingerprint density at radius 2 is 2.19 bits per heavy atom. The number of hydrogen-bond donors (Lipinski definition) is 1. The number of benzene rings is 1. The predicted octanol–water partition coefficient (Wildman–Crippen LogP) is 3.72. The van der Waals surface area contributed by atoms with E-state index in [1.54, 1.807) is 12.3 Å². The van der Waals surface area contributed by atoms with E-state index in [1.807, 2.05) is 30.3 Å². The number of furan rings is 1. The molecule has 0 radical (unpaired) electrons. The minimum absolute atomic E-state index is 0.117. The van der Waals surface area contributed by atoms with Gasteiger partial charge in [-0.3, -0.25) is 0 Å². The first-order chi connectivity index (χ1) is 10.3. The van der Waals surface area contributed by atoms with Crippen molar-refractivity contribution in [1.82, 2.24) is 9.97 Å². The molecule has 0 spiro atoms. The number of pyridine rings is 1. The van der Waals surface area contributed by atoms with Crippen LogP contribution in [-0.2, 0) is 6.61 Å². The van der Waals surface area contributed by atoms with Crippen LogP contribution < -0.4 is 4.74 Å². The Balaban J connectivity index is 1.69. The number of aliphatic hydroxyl groups is 1. The normalized spacial score (nSPS) is 11.3. The second kappa shape index (κ2) is 4.83. The van der Waals surface area contributed by atoms with Crippen molar-refractivity contribution in [3.8, 4) is 10.9 Å². The molecule has 0 aliphatic heterocycles. The Morgan fingerprint density at radius 3 is 3.05 bits per heavy atom. The van der Waals surface area contributed by atoms with Gasteiger partial charge in [-0.05, 0) is 36.4 Å². The van der Waals surface area contributed by atoms with Crippen LogP contribution in [0.5, 0.6) is 10.9 Å². The van der Waals surface area contributed by atoms with Crippen molar-refractivity contribution in [3.63, 3.8) is 0 Å². The van der Waals surface area contributed by atoms with Crippen LogP contribution in [0.15, 0.2) is 47.0 Å². The molecule has 4 aromatic rings. The molecule has 3 heterocycles. The van der Waals surface area contributed by atoms with Gasteiger partial charge >= 0.3 is 0 Å². The number of thiazole rings is 1. The second-order valence-electron chi connectivity index (χ2n) is 4.48. The third-order valence-electron chi connectivity index (χ3n) is 3.05. The molecule has 0 amide bonds. The van der Waals surface area contributed by atoms with Crippen molar-refractivity contribution in [2.75, 3.05) is 0 Å². The van der Waals surface area contributed by atoms with Crippen molar-refractivity contribution < 1.29 is 14.3 Å². The molecule has 0 saturated heterocycles. The van der Waals surface area contributed by atoms with E-state index in [4.69, 9.17) is 14.3 Å².